The van der Waals surface area contributed by atoms with Gasteiger partial charge in [0.25, 0.3) is 5.91 Å². The van der Waals surface area contributed by atoms with Crippen LogP contribution in [0.3, 0.4) is 0 Å². The Bertz CT molecular complexity index is 745. The van der Waals surface area contributed by atoms with E-state index in [0.717, 1.165) is 5.69 Å². The van der Waals surface area contributed by atoms with Gasteiger partial charge in [-0.25, -0.2) is 0 Å². The number of rotatable bonds is 6. The van der Waals surface area contributed by atoms with Crippen LogP contribution in [0.25, 0.3) is 0 Å². The fraction of sp³-hybridized carbons (Fsp3) is 0.312. The van der Waals surface area contributed by atoms with E-state index in [2.05, 4.69) is 15.7 Å². The van der Waals surface area contributed by atoms with Crippen LogP contribution in [0.5, 0.6) is 0 Å². The highest BCUT2D eigenvalue weighted by Crippen LogP contribution is 2.22. The predicted octanol–water partition coefficient (Wildman–Crippen LogP) is 2.15. The van der Waals surface area contributed by atoms with Gasteiger partial charge in [0.05, 0.1) is 28.9 Å². The maximum atomic E-state index is 12.6. The summed E-state index contributed by atoms with van der Waals surface area (Å²) in [6, 6.07) is 6.16. The van der Waals surface area contributed by atoms with Crippen molar-refractivity contribution in [3.05, 3.63) is 46.7 Å². The molecule has 24 heavy (non-hydrogen) atoms. The van der Waals surface area contributed by atoms with Crippen molar-refractivity contribution >= 4 is 29.1 Å². The topological polar surface area (TPSA) is 85.2 Å². The van der Waals surface area contributed by atoms with Gasteiger partial charge in [0, 0.05) is 33.0 Å². The highest BCUT2D eigenvalue weighted by atomic mass is 35.5. The second-order valence-corrected chi connectivity index (χ2v) is 5.64. The molecule has 1 atom stereocenters. The first kappa shape index (κ1) is 18.0. The van der Waals surface area contributed by atoms with Crippen LogP contribution in [0.4, 0.5) is 5.69 Å². The van der Waals surface area contributed by atoms with E-state index in [1.807, 2.05) is 0 Å². The Hall–Kier alpha value is -2.38. The molecule has 0 aliphatic heterocycles. The zero-order chi connectivity index (χ0) is 17.7. The number of nitrogens with one attached hydrogen (secondary N) is 2. The minimum atomic E-state index is -0.379. The standard InChI is InChI=1S/C16H19ClN4O3/c1-10(22)19-11-4-5-13(17)12(8-11)16(23)20-14(9-24-3)15-6-7-18-21(15)2/h4-8,14H,9H2,1-3H3,(H,19,22)(H,20,23)/t14-/m1/s1. The van der Waals surface area contributed by atoms with Gasteiger partial charge in [0.15, 0.2) is 0 Å². The summed E-state index contributed by atoms with van der Waals surface area (Å²) in [7, 11) is 3.34. The van der Waals surface area contributed by atoms with Gasteiger partial charge in [0.1, 0.15) is 0 Å². The van der Waals surface area contributed by atoms with E-state index >= 15 is 0 Å². The molecular weight excluding hydrogens is 332 g/mol. The van der Waals surface area contributed by atoms with Crippen molar-refractivity contribution in [1.82, 2.24) is 15.1 Å². The van der Waals surface area contributed by atoms with Gasteiger partial charge in [-0.3, -0.25) is 14.3 Å². The number of carbonyl (C=O) groups excluding carboxylic acids is 2. The maximum absolute atomic E-state index is 12.6. The Labute approximate surface area is 144 Å². The Kier molecular flexibility index (Phi) is 5.94. The molecule has 7 nitrogen and oxygen atoms in total. The SMILES string of the molecule is COC[C@@H](NC(=O)c1cc(NC(C)=O)ccc1Cl)c1ccnn1C. The molecule has 2 N–H and O–H groups in total. The minimum absolute atomic E-state index is 0.226. The number of hydrogen-bond acceptors (Lipinski definition) is 4. The third-order valence-corrected chi connectivity index (χ3v) is 3.72. The van der Waals surface area contributed by atoms with E-state index < -0.39 is 0 Å². The predicted molar refractivity (Wildman–Crippen MR) is 91.0 cm³/mol. The Balaban J connectivity index is 2.23. The van der Waals surface area contributed by atoms with Crippen molar-refractivity contribution in [3.63, 3.8) is 0 Å². The van der Waals surface area contributed by atoms with Crippen LogP contribution in [-0.4, -0.2) is 35.3 Å². The molecule has 0 bridgehead atoms. The number of benzene rings is 1. The third kappa shape index (κ3) is 4.33. The molecule has 128 valence electrons. The largest absolute Gasteiger partial charge is 0.382 e. The molecule has 0 fully saturated rings. The Morgan fingerprint density at radius 2 is 2.12 bits per heavy atom. The highest BCUT2D eigenvalue weighted by molar-refractivity contribution is 6.34. The summed E-state index contributed by atoms with van der Waals surface area (Å²) in [4.78, 5) is 23.8. The summed E-state index contributed by atoms with van der Waals surface area (Å²) >= 11 is 6.12. The van der Waals surface area contributed by atoms with Crippen molar-refractivity contribution in [2.24, 2.45) is 7.05 Å². The number of methoxy groups -OCH3 is 1. The summed E-state index contributed by atoms with van der Waals surface area (Å²) < 4.78 is 6.85. The lowest BCUT2D eigenvalue weighted by molar-refractivity contribution is -0.114. The smallest absolute Gasteiger partial charge is 0.253 e. The van der Waals surface area contributed by atoms with E-state index in [1.165, 1.54) is 13.0 Å². The van der Waals surface area contributed by atoms with Crippen molar-refractivity contribution < 1.29 is 14.3 Å². The zero-order valence-electron chi connectivity index (χ0n) is 13.7. The van der Waals surface area contributed by atoms with Gasteiger partial charge in [-0.2, -0.15) is 5.10 Å². The van der Waals surface area contributed by atoms with Gasteiger partial charge < -0.3 is 15.4 Å². The van der Waals surface area contributed by atoms with Crippen LogP contribution in [-0.2, 0) is 16.6 Å². The molecular formula is C16H19ClN4O3. The lowest BCUT2D eigenvalue weighted by Crippen LogP contribution is -2.33. The molecule has 2 amide bonds. The minimum Gasteiger partial charge on any atom is -0.382 e. The van der Waals surface area contributed by atoms with E-state index in [4.69, 9.17) is 16.3 Å². The molecule has 0 saturated heterocycles. The second kappa shape index (κ2) is 7.94. The zero-order valence-corrected chi connectivity index (χ0v) is 14.4. The van der Waals surface area contributed by atoms with Crippen LogP contribution >= 0.6 is 11.6 Å². The van der Waals surface area contributed by atoms with Gasteiger partial charge in [-0.15, -0.1) is 0 Å². The molecule has 0 radical (unpaired) electrons. The molecule has 0 spiro atoms. The summed E-state index contributed by atoms with van der Waals surface area (Å²) in [6.45, 7) is 1.68. The van der Waals surface area contributed by atoms with Crippen molar-refractivity contribution in [2.45, 2.75) is 13.0 Å². The first-order valence-corrected chi connectivity index (χ1v) is 7.65. The van der Waals surface area contributed by atoms with Gasteiger partial charge >= 0.3 is 0 Å². The summed E-state index contributed by atoms with van der Waals surface area (Å²) in [5.41, 5.74) is 1.58. The number of halogens is 1. The number of carbonyl (C=O) groups is 2. The normalized spacial score (nSPS) is 11.8. The molecule has 1 heterocycles. The van der Waals surface area contributed by atoms with E-state index in [0.29, 0.717) is 10.7 Å². The quantitative estimate of drug-likeness (QED) is 0.836. The van der Waals surface area contributed by atoms with Gasteiger partial charge in [-0.1, -0.05) is 11.6 Å². The van der Waals surface area contributed by atoms with Crippen molar-refractivity contribution in [1.29, 1.82) is 0 Å². The monoisotopic (exact) mass is 350 g/mol. The number of amides is 2. The number of nitrogens with zero attached hydrogens (tertiary/aromatic N) is 2. The first-order valence-electron chi connectivity index (χ1n) is 7.27. The van der Waals surface area contributed by atoms with Gasteiger partial charge in [-0.05, 0) is 24.3 Å². The van der Waals surface area contributed by atoms with Crippen LogP contribution < -0.4 is 10.6 Å². The molecule has 0 aliphatic carbocycles. The molecule has 8 heteroatoms. The molecule has 1 aromatic heterocycles. The van der Waals surface area contributed by atoms with Crippen LogP contribution in [0.1, 0.15) is 29.0 Å². The molecule has 0 aliphatic rings. The molecule has 1 aromatic carbocycles. The fourth-order valence-electron chi connectivity index (χ4n) is 2.31. The average Bonchev–Trinajstić information content (AvgIpc) is 2.94. The molecule has 2 rings (SSSR count). The molecule has 0 unspecified atom stereocenters. The molecule has 2 aromatic rings. The summed E-state index contributed by atoms with van der Waals surface area (Å²) in [5.74, 6) is -0.591. The number of anilines is 1. The van der Waals surface area contributed by atoms with Crippen LogP contribution in [0, 0.1) is 0 Å². The lowest BCUT2D eigenvalue weighted by atomic mass is 10.1. The second-order valence-electron chi connectivity index (χ2n) is 5.24. The van der Waals surface area contributed by atoms with E-state index in [1.54, 1.807) is 43.2 Å². The van der Waals surface area contributed by atoms with E-state index in [-0.39, 0.29) is 30.0 Å². The third-order valence-electron chi connectivity index (χ3n) is 3.39. The number of aryl methyl sites for hydroxylation is 1. The summed E-state index contributed by atoms with van der Waals surface area (Å²) in [5, 5.41) is 9.90. The van der Waals surface area contributed by atoms with Crippen LogP contribution in [0.15, 0.2) is 30.5 Å². The fourth-order valence-corrected chi connectivity index (χ4v) is 2.51. The maximum Gasteiger partial charge on any atom is 0.253 e. The average molecular weight is 351 g/mol. The highest BCUT2D eigenvalue weighted by Gasteiger charge is 2.20. The Morgan fingerprint density at radius 1 is 1.38 bits per heavy atom. The van der Waals surface area contributed by atoms with Gasteiger partial charge in [0.2, 0.25) is 5.91 Å². The molecule has 0 saturated carbocycles. The Morgan fingerprint density at radius 3 is 2.71 bits per heavy atom. The number of hydrogen-bond donors (Lipinski definition) is 2. The number of aromatic nitrogens is 2. The van der Waals surface area contributed by atoms with Crippen molar-refractivity contribution in [2.75, 3.05) is 19.0 Å². The first-order chi connectivity index (χ1) is 11.4. The number of ether oxygens (including phenoxy) is 1. The van der Waals surface area contributed by atoms with E-state index in [9.17, 15) is 9.59 Å². The van der Waals surface area contributed by atoms with Crippen LogP contribution in [0.2, 0.25) is 5.02 Å². The van der Waals surface area contributed by atoms with Crippen molar-refractivity contribution in [3.8, 4) is 0 Å². The lowest BCUT2D eigenvalue weighted by Gasteiger charge is -2.19. The summed E-state index contributed by atoms with van der Waals surface area (Å²) in [6.07, 6.45) is 1.65.